The van der Waals surface area contributed by atoms with E-state index >= 15 is 0 Å². The number of nitrogens with one attached hydrogen (secondary N) is 2. The van der Waals surface area contributed by atoms with Crippen molar-refractivity contribution in [2.24, 2.45) is 0 Å². The van der Waals surface area contributed by atoms with E-state index in [1.54, 1.807) is 0 Å². The van der Waals surface area contributed by atoms with E-state index in [0.717, 1.165) is 54.9 Å². The first-order valence-corrected chi connectivity index (χ1v) is 11.9. The first kappa shape index (κ1) is 22.7. The van der Waals surface area contributed by atoms with Crippen LogP contribution in [0.15, 0.2) is 84.9 Å². The lowest BCUT2D eigenvalue weighted by Gasteiger charge is -2.26. The Morgan fingerprint density at radius 3 is 2.48 bits per heavy atom. The molecule has 0 bridgehead atoms. The Labute approximate surface area is 196 Å². The zero-order chi connectivity index (χ0) is 22.9. The van der Waals surface area contributed by atoms with Gasteiger partial charge in [-0.25, -0.2) is 0 Å². The van der Waals surface area contributed by atoms with Gasteiger partial charge in [0.1, 0.15) is 11.5 Å². The highest BCUT2D eigenvalue weighted by atomic mass is 16.5. The molecule has 0 aromatic heterocycles. The van der Waals surface area contributed by atoms with E-state index in [-0.39, 0.29) is 18.5 Å². The predicted octanol–water partition coefficient (Wildman–Crippen LogP) is 6.40. The Morgan fingerprint density at radius 1 is 0.970 bits per heavy atom. The van der Waals surface area contributed by atoms with Crippen LogP contribution in [0.1, 0.15) is 55.3 Å². The van der Waals surface area contributed by atoms with Crippen molar-refractivity contribution in [1.82, 2.24) is 10.6 Å². The molecule has 0 saturated heterocycles. The number of benzene rings is 3. The van der Waals surface area contributed by atoms with Crippen molar-refractivity contribution in [3.63, 3.8) is 0 Å². The van der Waals surface area contributed by atoms with Crippen LogP contribution >= 0.6 is 0 Å². The standard InChI is InChI=1S/C29H32N2O2/c1-2-3-15-27(23-17-19-25(20-18-23)33-24-12-5-4-6-13-24)30-21-29(32)31-28-16-9-11-22-10-7-8-14-26(22)28/h4-8,10,12-15,17-20,28,30H,2-3,9,11,16,21H2,1H3,(H,31,32)/b27-15-. The van der Waals surface area contributed by atoms with Crippen molar-refractivity contribution >= 4 is 11.6 Å². The molecule has 2 N–H and O–H groups in total. The van der Waals surface area contributed by atoms with Gasteiger partial charge in [-0.1, -0.05) is 61.9 Å². The molecule has 0 heterocycles. The minimum atomic E-state index is 0.0168. The van der Waals surface area contributed by atoms with Crippen molar-refractivity contribution < 1.29 is 9.53 Å². The van der Waals surface area contributed by atoms with Crippen LogP contribution in [0.4, 0.5) is 0 Å². The number of carbonyl (C=O) groups is 1. The fourth-order valence-corrected chi connectivity index (χ4v) is 4.23. The van der Waals surface area contributed by atoms with Crippen LogP contribution in [0.2, 0.25) is 0 Å². The first-order valence-electron chi connectivity index (χ1n) is 11.9. The highest BCUT2D eigenvalue weighted by Crippen LogP contribution is 2.29. The normalized spacial score (nSPS) is 15.4. The SMILES string of the molecule is CCC/C=C(\NCC(=O)NC1CCCc2ccccc21)c1ccc(Oc2ccccc2)cc1. The Balaban J connectivity index is 1.37. The molecule has 1 aliphatic rings. The maximum atomic E-state index is 12.8. The summed E-state index contributed by atoms with van der Waals surface area (Å²) in [6.07, 6.45) is 7.34. The number of allylic oxidation sites excluding steroid dienone is 1. The van der Waals surface area contributed by atoms with Gasteiger partial charge in [-0.15, -0.1) is 0 Å². The summed E-state index contributed by atoms with van der Waals surface area (Å²) in [5.74, 6) is 1.61. The molecule has 0 saturated carbocycles. The molecule has 33 heavy (non-hydrogen) atoms. The number of amides is 1. The molecule has 1 atom stereocenters. The van der Waals surface area contributed by atoms with Gasteiger partial charge in [-0.2, -0.15) is 0 Å². The van der Waals surface area contributed by atoms with Crippen molar-refractivity contribution in [3.8, 4) is 11.5 Å². The van der Waals surface area contributed by atoms with E-state index in [4.69, 9.17) is 4.74 Å². The number of hydrogen-bond donors (Lipinski definition) is 2. The zero-order valence-electron chi connectivity index (χ0n) is 19.2. The maximum Gasteiger partial charge on any atom is 0.239 e. The molecule has 4 rings (SSSR count). The summed E-state index contributed by atoms with van der Waals surface area (Å²) >= 11 is 0. The molecule has 0 fully saturated rings. The third kappa shape index (κ3) is 6.26. The van der Waals surface area contributed by atoms with Crippen molar-refractivity contribution in [1.29, 1.82) is 0 Å². The minimum absolute atomic E-state index is 0.0168. The summed E-state index contributed by atoms with van der Waals surface area (Å²) in [4.78, 5) is 12.8. The lowest BCUT2D eigenvalue weighted by molar-refractivity contribution is -0.120. The minimum Gasteiger partial charge on any atom is -0.457 e. The summed E-state index contributed by atoms with van der Waals surface area (Å²) in [7, 11) is 0. The fraction of sp³-hybridized carbons (Fsp3) is 0.276. The molecule has 1 aliphatic carbocycles. The second-order valence-corrected chi connectivity index (χ2v) is 8.41. The van der Waals surface area contributed by atoms with Gasteiger partial charge in [0, 0.05) is 5.70 Å². The van der Waals surface area contributed by atoms with Crippen LogP contribution < -0.4 is 15.4 Å². The molecule has 0 spiro atoms. The summed E-state index contributed by atoms with van der Waals surface area (Å²) in [5, 5.41) is 6.59. The number of aryl methyl sites for hydroxylation is 1. The highest BCUT2D eigenvalue weighted by molar-refractivity contribution is 5.81. The van der Waals surface area contributed by atoms with E-state index in [9.17, 15) is 4.79 Å². The Kier molecular flexibility index (Phi) is 7.81. The van der Waals surface area contributed by atoms with E-state index in [1.165, 1.54) is 11.1 Å². The lowest BCUT2D eigenvalue weighted by Crippen LogP contribution is -2.37. The Bertz CT molecular complexity index is 1070. The second-order valence-electron chi connectivity index (χ2n) is 8.41. The molecule has 3 aromatic carbocycles. The molecular weight excluding hydrogens is 408 g/mol. The van der Waals surface area contributed by atoms with Crippen molar-refractivity contribution in [2.45, 2.75) is 45.1 Å². The van der Waals surface area contributed by atoms with Gasteiger partial charge < -0.3 is 15.4 Å². The summed E-state index contributed by atoms with van der Waals surface area (Å²) in [6, 6.07) is 26.3. The van der Waals surface area contributed by atoms with E-state index in [2.05, 4.69) is 47.9 Å². The van der Waals surface area contributed by atoms with Crippen LogP contribution in [0.25, 0.3) is 5.70 Å². The first-order chi connectivity index (χ1) is 16.2. The molecule has 4 heteroatoms. The average Bonchev–Trinajstić information content (AvgIpc) is 2.86. The molecule has 170 valence electrons. The van der Waals surface area contributed by atoms with Crippen LogP contribution in [0, 0.1) is 0 Å². The van der Waals surface area contributed by atoms with Gasteiger partial charge in [-0.3, -0.25) is 4.79 Å². The number of rotatable bonds is 9. The van der Waals surface area contributed by atoms with E-state index in [0.29, 0.717) is 0 Å². The summed E-state index contributed by atoms with van der Waals surface area (Å²) in [5.41, 5.74) is 4.62. The third-order valence-corrected chi connectivity index (χ3v) is 5.93. The number of carbonyl (C=O) groups excluding carboxylic acids is 1. The lowest BCUT2D eigenvalue weighted by atomic mass is 9.88. The number of para-hydroxylation sites is 1. The monoisotopic (exact) mass is 440 g/mol. The maximum absolute atomic E-state index is 12.8. The number of hydrogen-bond acceptors (Lipinski definition) is 3. The molecular formula is C29H32N2O2. The largest absolute Gasteiger partial charge is 0.457 e. The third-order valence-electron chi connectivity index (χ3n) is 5.93. The highest BCUT2D eigenvalue weighted by Gasteiger charge is 2.21. The van der Waals surface area contributed by atoms with Gasteiger partial charge in [0.2, 0.25) is 5.91 Å². The molecule has 3 aromatic rings. The van der Waals surface area contributed by atoms with Gasteiger partial charge in [0.25, 0.3) is 0 Å². The van der Waals surface area contributed by atoms with E-state index in [1.807, 2.05) is 54.6 Å². The number of ether oxygens (including phenoxy) is 1. The van der Waals surface area contributed by atoms with Gasteiger partial charge in [-0.05, 0) is 78.8 Å². The zero-order valence-corrected chi connectivity index (χ0v) is 19.2. The predicted molar refractivity (Wildman–Crippen MR) is 134 cm³/mol. The average molecular weight is 441 g/mol. The Morgan fingerprint density at radius 2 is 1.70 bits per heavy atom. The number of fused-ring (bicyclic) bond motifs is 1. The molecule has 0 radical (unpaired) electrons. The van der Waals surface area contributed by atoms with Crippen LogP contribution in [0.3, 0.4) is 0 Å². The Hall–Kier alpha value is -3.53. The van der Waals surface area contributed by atoms with Gasteiger partial charge >= 0.3 is 0 Å². The number of unbranched alkanes of at least 4 members (excludes halogenated alkanes) is 1. The topological polar surface area (TPSA) is 50.4 Å². The fourth-order valence-electron chi connectivity index (χ4n) is 4.23. The van der Waals surface area contributed by atoms with Crippen molar-refractivity contribution in [2.75, 3.05) is 6.54 Å². The summed E-state index contributed by atoms with van der Waals surface area (Å²) in [6.45, 7) is 2.40. The van der Waals surface area contributed by atoms with Gasteiger partial charge in [0.05, 0.1) is 12.6 Å². The van der Waals surface area contributed by atoms with E-state index < -0.39 is 0 Å². The van der Waals surface area contributed by atoms with Crippen molar-refractivity contribution in [3.05, 3.63) is 102 Å². The van der Waals surface area contributed by atoms with Crippen LogP contribution in [0.5, 0.6) is 11.5 Å². The van der Waals surface area contributed by atoms with Gasteiger partial charge in [0.15, 0.2) is 0 Å². The van der Waals surface area contributed by atoms with Crippen LogP contribution in [-0.4, -0.2) is 12.5 Å². The second kappa shape index (κ2) is 11.4. The van der Waals surface area contributed by atoms with Crippen LogP contribution in [-0.2, 0) is 11.2 Å². The molecule has 1 unspecified atom stereocenters. The molecule has 0 aliphatic heterocycles. The summed E-state index contributed by atoms with van der Waals surface area (Å²) < 4.78 is 5.90. The molecule has 4 nitrogen and oxygen atoms in total. The molecule has 1 amide bonds. The smallest absolute Gasteiger partial charge is 0.239 e. The quantitative estimate of drug-likeness (QED) is 0.405.